The Bertz CT molecular complexity index is 1120. The second kappa shape index (κ2) is 10.3. The van der Waals surface area contributed by atoms with Crippen LogP contribution < -0.4 is 10.6 Å². The summed E-state index contributed by atoms with van der Waals surface area (Å²) < 4.78 is 0. The van der Waals surface area contributed by atoms with Gasteiger partial charge in [-0.15, -0.1) is 12.4 Å². The maximum Gasteiger partial charge on any atom is 0.269 e. The van der Waals surface area contributed by atoms with E-state index < -0.39 is 4.92 Å². The summed E-state index contributed by atoms with van der Waals surface area (Å²) in [6.07, 6.45) is 6.27. The summed E-state index contributed by atoms with van der Waals surface area (Å²) in [6.45, 7) is 3.19. The number of rotatable bonds is 6. The first kappa shape index (κ1) is 23.3. The van der Waals surface area contributed by atoms with E-state index >= 15 is 0 Å². The lowest BCUT2D eigenvalue weighted by Gasteiger charge is -2.35. The van der Waals surface area contributed by atoms with Gasteiger partial charge in [0.2, 0.25) is 5.91 Å². The molecule has 0 aliphatic carbocycles. The lowest BCUT2D eigenvalue weighted by Crippen LogP contribution is -2.48. The zero-order valence-corrected chi connectivity index (χ0v) is 18.4. The van der Waals surface area contributed by atoms with Gasteiger partial charge in [-0.05, 0) is 54.4 Å². The van der Waals surface area contributed by atoms with Crippen LogP contribution in [0.25, 0.3) is 17.0 Å². The van der Waals surface area contributed by atoms with Crippen molar-refractivity contribution in [2.45, 2.75) is 6.42 Å². The molecular weight excluding hydrogens is 430 g/mol. The predicted molar refractivity (Wildman–Crippen MR) is 129 cm³/mol. The number of nitrogens with two attached hydrogens (primary N) is 1. The molecule has 2 heterocycles. The quantitative estimate of drug-likeness (QED) is 0.336. The number of nitrogens with one attached hydrogen (secondary N) is 1. The topological polar surface area (TPSA) is 108 Å². The summed E-state index contributed by atoms with van der Waals surface area (Å²) in [5, 5.41) is 11.9. The Morgan fingerprint density at radius 3 is 2.50 bits per heavy atom. The lowest BCUT2D eigenvalue weighted by atomic mass is 10.1. The molecule has 1 aliphatic heterocycles. The first-order valence-electron chi connectivity index (χ1n) is 10.3. The molecule has 0 bridgehead atoms. The van der Waals surface area contributed by atoms with E-state index in [0.717, 1.165) is 28.6 Å². The fraction of sp³-hybridized carbons (Fsp3) is 0.261. The van der Waals surface area contributed by atoms with Crippen LogP contribution in [0.1, 0.15) is 11.1 Å². The van der Waals surface area contributed by atoms with Crippen molar-refractivity contribution in [1.29, 1.82) is 0 Å². The number of anilines is 1. The number of benzene rings is 2. The maximum absolute atomic E-state index is 12.6. The molecule has 1 amide bonds. The van der Waals surface area contributed by atoms with Gasteiger partial charge >= 0.3 is 0 Å². The van der Waals surface area contributed by atoms with E-state index in [4.69, 9.17) is 5.73 Å². The van der Waals surface area contributed by atoms with Crippen molar-refractivity contribution in [3.63, 3.8) is 0 Å². The van der Waals surface area contributed by atoms with Gasteiger partial charge in [-0.1, -0.05) is 6.07 Å². The highest BCUT2D eigenvalue weighted by Crippen LogP contribution is 2.22. The second-order valence-electron chi connectivity index (χ2n) is 7.58. The molecule has 0 spiro atoms. The summed E-state index contributed by atoms with van der Waals surface area (Å²) in [5.41, 5.74) is 9.92. The van der Waals surface area contributed by atoms with E-state index in [1.165, 1.54) is 17.7 Å². The third-order valence-corrected chi connectivity index (χ3v) is 5.64. The van der Waals surface area contributed by atoms with Gasteiger partial charge in [0.05, 0.1) is 4.92 Å². The van der Waals surface area contributed by atoms with Gasteiger partial charge in [0.15, 0.2) is 0 Å². The van der Waals surface area contributed by atoms with Crippen molar-refractivity contribution in [1.82, 2.24) is 9.88 Å². The molecule has 1 aromatic heterocycles. The molecule has 0 radical (unpaired) electrons. The molecule has 8 nitrogen and oxygen atoms in total. The zero-order valence-electron chi connectivity index (χ0n) is 17.6. The van der Waals surface area contributed by atoms with Crippen LogP contribution in [0.4, 0.5) is 11.4 Å². The van der Waals surface area contributed by atoms with Gasteiger partial charge < -0.3 is 20.5 Å². The smallest absolute Gasteiger partial charge is 0.269 e. The molecule has 1 aliphatic rings. The third-order valence-electron chi connectivity index (χ3n) is 5.64. The molecule has 168 valence electrons. The van der Waals surface area contributed by atoms with Gasteiger partial charge in [0.1, 0.15) is 0 Å². The molecule has 32 heavy (non-hydrogen) atoms. The van der Waals surface area contributed by atoms with E-state index in [9.17, 15) is 14.9 Å². The van der Waals surface area contributed by atoms with Crippen LogP contribution in [-0.4, -0.2) is 53.4 Å². The highest BCUT2D eigenvalue weighted by molar-refractivity contribution is 5.93. The Balaban J connectivity index is 0.00000289. The molecule has 1 fully saturated rings. The van der Waals surface area contributed by atoms with E-state index in [2.05, 4.69) is 16.0 Å². The normalized spacial score (nSPS) is 14.0. The Hall–Kier alpha value is -3.36. The first-order valence-corrected chi connectivity index (χ1v) is 10.3. The number of aromatic amines is 1. The Morgan fingerprint density at radius 2 is 1.84 bits per heavy atom. The number of piperazine rings is 1. The molecule has 3 aromatic rings. The zero-order chi connectivity index (χ0) is 21.8. The number of nitro benzene ring substituents is 1. The monoisotopic (exact) mass is 455 g/mol. The third kappa shape index (κ3) is 5.09. The number of carbonyl (C=O) groups excluding carboxylic acids is 1. The van der Waals surface area contributed by atoms with Crippen molar-refractivity contribution in [2.24, 2.45) is 5.73 Å². The molecule has 4 rings (SSSR count). The van der Waals surface area contributed by atoms with E-state index in [0.29, 0.717) is 32.7 Å². The molecule has 0 unspecified atom stereocenters. The number of non-ortho nitro benzene ring substituents is 1. The van der Waals surface area contributed by atoms with Crippen LogP contribution in [0, 0.1) is 10.1 Å². The van der Waals surface area contributed by atoms with E-state index in [1.54, 1.807) is 18.2 Å². The molecule has 1 saturated heterocycles. The summed E-state index contributed by atoms with van der Waals surface area (Å²) in [4.78, 5) is 30.3. The van der Waals surface area contributed by atoms with Crippen molar-refractivity contribution >= 4 is 46.7 Å². The number of hydrogen-bond donors (Lipinski definition) is 2. The predicted octanol–water partition coefficient (Wildman–Crippen LogP) is 3.36. The van der Waals surface area contributed by atoms with Gasteiger partial charge in [-0.2, -0.15) is 0 Å². The molecule has 2 aromatic carbocycles. The number of aromatic nitrogens is 1. The number of nitrogens with zero attached hydrogens (tertiary/aromatic N) is 3. The number of amides is 1. The Kier molecular flexibility index (Phi) is 7.50. The number of H-pyrrole nitrogens is 1. The van der Waals surface area contributed by atoms with E-state index in [1.807, 2.05) is 29.3 Å². The average Bonchev–Trinajstić information content (AvgIpc) is 3.20. The van der Waals surface area contributed by atoms with Crippen LogP contribution in [0.2, 0.25) is 0 Å². The number of carbonyl (C=O) groups is 1. The van der Waals surface area contributed by atoms with Crippen molar-refractivity contribution in [3.8, 4) is 0 Å². The molecule has 0 atom stereocenters. The highest BCUT2D eigenvalue weighted by atomic mass is 35.5. The van der Waals surface area contributed by atoms with Crippen LogP contribution in [0.3, 0.4) is 0 Å². The fourth-order valence-corrected chi connectivity index (χ4v) is 3.91. The molecule has 0 saturated carbocycles. The van der Waals surface area contributed by atoms with Gasteiger partial charge in [0.25, 0.3) is 5.69 Å². The van der Waals surface area contributed by atoms with Crippen molar-refractivity contribution < 1.29 is 9.72 Å². The van der Waals surface area contributed by atoms with Crippen LogP contribution in [0.5, 0.6) is 0 Å². The summed E-state index contributed by atoms with van der Waals surface area (Å²) in [6, 6.07) is 12.6. The number of hydrogen-bond acceptors (Lipinski definition) is 5. The van der Waals surface area contributed by atoms with Gasteiger partial charge in [0, 0.05) is 67.2 Å². The summed E-state index contributed by atoms with van der Waals surface area (Å²) >= 11 is 0. The minimum absolute atomic E-state index is 0. The van der Waals surface area contributed by atoms with Crippen LogP contribution in [0.15, 0.2) is 54.7 Å². The van der Waals surface area contributed by atoms with Crippen molar-refractivity contribution in [2.75, 3.05) is 37.6 Å². The standard InChI is InChI=1S/C23H25N5O3.ClH/c24-10-9-18-16-25-22-7-1-17(15-21(18)22)2-8-23(29)27-13-11-26(12-14-27)19-3-5-20(6-4-19)28(30)31;/h1-8,15-16,25H,9-14,24H2;1H/b8-2+;. The first-order chi connectivity index (χ1) is 15.0. The molecule has 3 N–H and O–H groups in total. The average molecular weight is 456 g/mol. The Morgan fingerprint density at radius 1 is 1.12 bits per heavy atom. The minimum atomic E-state index is -0.403. The second-order valence-corrected chi connectivity index (χ2v) is 7.58. The highest BCUT2D eigenvalue weighted by Gasteiger charge is 2.20. The summed E-state index contributed by atoms with van der Waals surface area (Å²) in [5.74, 6) is -0.0142. The number of nitro groups is 1. The van der Waals surface area contributed by atoms with Gasteiger partial charge in [-0.3, -0.25) is 14.9 Å². The molecular formula is C23H26ClN5O3. The van der Waals surface area contributed by atoms with E-state index in [-0.39, 0.29) is 24.0 Å². The fourth-order valence-electron chi connectivity index (χ4n) is 3.91. The number of halogens is 1. The minimum Gasteiger partial charge on any atom is -0.368 e. The van der Waals surface area contributed by atoms with Crippen LogP contribution >= 0.6 is 12.4 Å². The van der Waals surface area contributed by atoms with Crippen LogP contribution in [-0.2, 0) is 11.2 Å². The van der Waals surface area contributed by atoms with Crippen molar-refractivity contribution in [3.05, 3.63) is 76.0 Å². The Labute approximate surface area is 192 Å². The maximum atomic E-state index is 12.6. The largest absolute Gasteiger partial charge is 0.368 e. The van der Waals surface area contributed by atoms with Gasteiger partial charge in [-0.25, -0.2) is 0 Å². The summed E-state index contributed by atoms with van der Waals surface area (Å²) in [7, 11) is 0. The SMILES string of the molecule is Cl.NCCc1c[nH]c2ccc(/C=C/C(=O)N3CCN(c4ccc([N+](=O)[O-])cc4)CC3)cc12. The molecule has 9 heteroatoms. The number of fused-ring (bicyclic) bond motifs is 1. The lowest BCUT2D eigenvalue weighted by molar-refractivity contribution is -0.384.